The van der Waals surface area contributed by atoms with Crippen molar-refractivity contribution in [1.82, 2.24) is 19.7 Å². The van der Waals surface area contributed by atoms with Gasteiger partial charge >= 0.3 is 5.97 Å². The summed E-state index contributed by atoms with van der Waals surface area (Å²) in [4.78, 5) is 20.6. The Morgan fingerprint density at radius 3 is 2.82 bits per heavy atom. The average Bonchev–Trinajstić information content (AvgIpc) is 3.12. The van der Waals surface area contributed by atoms with Crippen molar-refractivity contribution in [2.75, 3.05) is 31.1 Å². The summed E-state index contributed by atoms with van der Waals surface area (Å²) in [7, 11) is 0. The van der Waals surface area contributed by atoms with E-state index in [1.807, 2.05) is 11.6 Å². The van der Waals surface area contributed by atoms with Gasteiger partial charge < -0.3 is 10.0 Å². The van der Waals surface area contributed by atoms with Crippen LogP contribution in [-0.2, 0) is 19.4 Å². The number of nitriles is 1. The SMILES string of the molecule is CCn1nc(C(=O)O)c2c1CCC(N1CCN(c3ncccc3C#N)CC1)C2. The normalized spacial score (nSPS) is 19.9. The van der Waals surface area contributed by atoms with Gasteiger partial charge in [0.25, 0.3) is 0 Å². The topological polar surface area (TPSA) is 98.3 Å². The van der Waals surface area contributed by atoms with E-state index in [0.29, 0.717) is 18.2 Å². The number of nitrogens with zero attached hydrogens (tertiary/aromatic N) is 6. The summed E-state index contributed by atoms with van der Waals surface area (Å²) in [6.07, 6.45) is 4.35. The predicted molar refractivity (Wildman–Crippen MR) is 103 cm³/mol. The Hall–Kier alpha value is -2.92. The van der Waals surface area contributed by atoms with Crippen LogP contribution in [0.4, 0.5) is 5.82 Å². The molecule has 146 valence electrons. The molecule has 3 heterocycles. The number of piperazine rings is 1. The van der Waals surface area contributed by atoms with Crippen LogP contribution in [0.1, 0.15) is 40.7 Å². The summed E-state index contributed by atoms with van der Waals surface area (Å²) in [5.74, 6) is -0.180. The maximum atomic E-state index is 11.6. The van der Waals surface area contributed by atoms with Gasteiger partial charge in [-0.3, -0.25) is 9.58 Å². The molecule has 8 heteroatoms. The molecule has 1 atom stereocenters. The highest BCUT2D eigenvalue weighted by atomic mass is 16.4. The van der Waals surface area contributed by atoms with Crippen molar-refractivity contribution in [3.05, 3.63) is 40.8 Å². The van der Waals surface area contributed by atoms with E-state index in [1.54, 1.807) is 18.3 Å². The van der Waals surface area contributed by atoms with Gasteiger partial charge in [-0.1, -0.05) is 0 Å². The number of hydrogen-bond donors (Lipinski definition) is 1. The van der Waals surface area contributed by atoms with Gasteiger partial charge in [0.15, 0.2) is 5.69 Å². The molecule has 1 saturated heterocycles. The maximum absolute atomic E-state index is 11.6. The Morgan fingerprint density at radius 1 is 1.36 bits per heavy atom. The Bertz CT molecular complexity index is 923. The maximum Gasteiger partial charge on any atom is 0.356 e. The number of hydrogen-bond acceptors (Lipinski definition) is 6. The second kappa shape index (κ2) is 7.60. The summed E-state index contributed by atoms with van der Waals surface area (Å²) in [6, 6.07) is 6.14. The first-order valence-corrected chi connectivity index (χ1v) is 9.78. The lowest BCUT2D eigenvalue weighted by Crippen LogP contribution is -2.52. The standard InChI is InChI=1S/C20H24N6O2/c1-2-26-17-6-5-15(12-16(17)18(23-26)20(27)28)24-8-10-25(11-9-24)19-14(13-21)4-3-7-22-19/h3-4,7,15H,2,5-6,8-12H2,1H3,(H,27,28). The van der Waals surface area contributed by atoms with Gasteiger partial charge in [0, 0.05) is 56.2 Å². The molecule has 0 aromatic carbocycles. The fourth-order valence-corrected chi connectivity index (χ4v) is 4.45. The van der Waals surface area contributed by atoms with Crippen molar-refractivity contribution in [1.29, 1.82) is 5.26 Å². The van der Waals surface area contributed by atoms with Gasteiger partial charge in [0.2, 0.25) is 0 Å². The van der Waals surface area contributed by atoms with Gasteiger partial charge in [-0.15, -0.1) is 0 Å². The van der Waals surface area contributed by atoms with Crippen molar-refractivity contribution >= 4 is 11.8 Å². The van der Waals surface area contributed by atoms with Crippen LogP contribution in [0.15, 0.2) is 18.3 Å². The van der Waals surface area contributed by atoms with Gasteiger partial charge in [-0.05, 0) is 38.3 Å². The third kappa shape index (κ3) is 3.22. The fraction of sp³-hybridized carbons (Fsp3) is 0.500. The number of fused-ring (bicyclic) bond motifs is 1. The highest BCUT2D eigenvalue weighted by molar-refractivity contribution is 5.87. The van der Waals surface area contributed by atoms with E-state index >= 15 is 0 Å². The molecule has 1 N–H and O–H groups in total. The van der Waals surface area contributed by atoms with E-state index in [-0.39, 0.29) is 5.69 Å². The molecule has 2 aromatic rings. The second-order valence-corrected chi connectivity index (χ2v) is 7.30. The highest BCUT2D eigenvalue weighted by Gasteiger charge is 2.33. The lowest BCUT2D eigenvalue weighted by molar-refractivity contribution is 0.0687. The Kier molecular flexibility index (Phi) is 5.01. The second-order valence-electron chi connectivity index (χ2n) is 7.30. The molecular formula is C20H24N6O2. The van der Waals surface area contributed by atoms with Crippen molar-refractivity contribution in [3.8, 4) is 6.07 Å². The third-order valence-corrected chi connectivity index (χ3v) is 5.86. The van der Waals surface area contributed by atoms with E-state index in [4.69, 9.17) is 0 Å². The zero-order chi connectivity index (χ0) is 19.7. The average molecular weight is 380 g/mol. The number of aromatic nitrogens is 3. The molecule has 28 heavy (non-hydrogen) atoms. The zero-order valence-electron chi connectivity index (χ0n) is 16.0. The monoisotopic (exact) mass is 380 g/mol. The van der Waals surface area contributed by atoms with Crippen LogP contribution in [-0.4, -0.2) is 63.0 Å². The first-order chi connectivity index (χ1) is 13.6. The van der Waals surface area contributed by atoms with Crippen LogP contribution < -0.4 is 4.90 Å². The molecule has 1 fully saturated rings. The van der Waals surface area contributed by atoms with Crippen LogP contribution in [0, 0.1) is 11.3 Å². The molecule has 0 spiro atoms. The van der Waals surface area contributed by atoms with Crippen LogP contribution >= 0.6 is 0 Å². The first kappa shape index (κ1) is 18.4. The van der Waals surface area contributed by atoms with Gasteiger partial charge in [0.1, 0.15) is 11.9 Å². The van der Waals surface area contributed by atoms with Gasteiger partial charge in [0.05, 0.1) is 5.56 Å². The van der Waals surface area contributed by atoms with E-state index < -0.39 is 5.97 Å². The molecule has 2 aromatic heterocycles. The Morgan fingerprint density at radius 2 is 2.14 bits per heavy atom. The summed E-state index contributed by atoms with van der Waals surface area (Å²) in [5, 5.41) is 23.1. The lowest BCUT2D eigenvalue weighted by Gasteiger charge is -2.41. The third-order valence-electron chi connectivity index (χ3n) is 5.86. The first-order valence-electron chi connectivity index (χ1n) is 9.78. The van der Waals surface area contributed by atoms with Gasteiger partial charge in [-0.25, -0.2) is 9.78 Å². The molecule has 8 nitrogen and oxygen atoms in total. The molecule has 1 aliphatic heterocycles. The minimum Gasteiger partial charge on any atom is -0.476 e. The summed E-state index contributed by atoms with van der Waals surface area (Å²) >= 11 is 0. The number of aromatic carboxylic acids is 1. The minimum atomic E-state index is -0.937. The minimum absolute atomic E-state index is 0.215. The summed E-state index contributed by atoms with van der Waals surface area (Å²) < 4.78 is 1.84. The molecular weight excluding hydrogens is 356 g/mol. The summed E-state index contributed by atoms with van der Waals surface area (Å²) in [6.45, 7) is 6.09. The van der Waals surface area contributed by atoms with E-state index in [0.717, 1.165) is 62.5 Å². The van der Waals surface area contributed by atoms with Crippen LogP contribution in [0.2, 0.25) is 0 Å². The quantitative estimate of drug-likeness (QED) is 0.859. The molecule has 0 amide bonds. The predicted octanol–water partition coefficient (Wildman–Crippen LogP) is 1.55. The van der Waals surface area contributed by atoms with Crippen LogP contribution in [0.3, 0.4) is 0 Å². The highest BCUT2D eigenvalue weighted by Crippen LogP contribution is 2.29. The molecule has 0 radical (unpaired) electrons. The number of aryl methyl sites for hydroxylation is 1. The van der Waals surface area contributed by atoms with Crippen molar-refractivity contribution < 1.29 is 9.90 Å². The lowest BCUT2D eigenvalue weighted by atomic mass is 9.90. The molecule has 0 bridgehead atoms. The molecule has 4 rings (SSSR count). The number of rotatable bonds is 4. The largest absolute Gasteiger partial charge is 0.476 e. The smallest absolute Gasteiger partial charge is 0.356 e. The molecule has 1 aliphatic carbocycles. The van der Waals surface area contributed by atoms with E-state index in [1.165, 1.54) is 0 Å². The van der Waals surface area contributed by atoms with Crippen molar-refractivity contribution in [2.24, 2.45) is 0 Å². The Labute approximate surface area is 164 Å². The van der Waals surface area contributed by atoms with Crippen molar-refractivity contribution in [3.63, 3.8) is 0 Å². The van der Waals surface area contributed by atoms with Crippen LogP contribution in [0.5, 0.6) is 0 Å². The fourth-order valence-electron chi connectivity index (χ4n) is 4.45. The van der Waals surface area contributed by atoms with E-state index in [9.17, 15) is 15.2 Å². The molecule has 0 saturated carbocycles. The number of carbonyl (C=O) groups is 1. The molecule has 1 unspecified atom stereocenters. The van der Waals surface area contributed by atoms with Gasteiger partial charge in [-0.2, -0.15) is 10.4 Å². The summed E-state index contributed by atoms with van der Waals surface area (Å²) in [5.41, 5.74) is 2.81. The van der Waals surface area contributed by atoms with Crippen molar-refractivity contribution in [2.45, 2.75) is 38.8 Å². The van der Waals surface area contributed by atoms with Crippen LogP contribution in [0.25, 0.3) is 0 Å². The van der Waals surface area contributed by atoms with E-state index in [2.05, 4.69) is 26.0 Å². The number of carboxylic acids is 1. The molecule has 2 aliphatic rings. The number of pyridine rings is 1. The number of anilines is 1. The zero-order valence-corrected chi connectivity index (χ0v) is 16.0. The Balaban J connectivity index is 1.46. The number of carboxylic acid groups (broad SMARTS) is 1.